The van der Waals surface area contributed by atoms with E-state index in [0.717, 1.165) is 5.56 Å². The minimum atomic E-state index is -1.43. The van der Waals surface area contributed by atoms with Crippen LogP contribution in [-0.4, -0.2) is 14.7 Å². The zero-order chi connectivity index (χ0) is 20.4. The summed E-state index contributed by atoms with van der Waals surface area (Å²) in [6, 6.07) is 21.3. The third-order valence-electron chi connectivity index (χ3n) is 4.97. The molecule has 4 rings (SSSR count). The molecular formula is C23H17Cl3N2O. The standard InChI is InChI=1S/C23H17Cl3N2O/c24-19-7-1-16(2-8-19)22(28-14-13-27-15-28)23(29,17-3-9-20(25)10-4-17)18-5-11-21(26)12-6-18/h1-15,22,29H. The Hall–Kier alpha value is -2.30. The molecule has 6 heteroatoms. The van der Waals surface area contributed by atoms with Crippen molar-refractivity contribution >= 4 is 34.8 Å². The van der Waals surface area contributed by atoms with Crippen LogP contribution in [0.1, 0.15) is 22.7 Å². The second-order valence-electron chi connectivity index (χ2n) is 6.74. The summed E-state index contributed by atoms with van der Waals surface area (Å²) < 4.78 is 1.88. The highest BCUT2D eigenvalue weighted by atomic mass is 35.5. The number of aliphatic hydroxyl groups is 1. The van der Waals surface area contributed by atoms with Crippen molar-refractivity contribution < 1.29 is 5.11 Å². The summed E-state index contributed by atoms with van der Waals surface area (Å²) in [5, 5.41) is 14.1. The maximum Gasteiger partial charge on any atom is 0.139 e. The van der Waals surface area contributed by atoms with Gasteiger partial charge in [-0.3, -0.25) is 0 Å². The lowest BCUT2D eigenvalue weighted by molar-refractivity contribution is 0.0382. The molecule has 0 aliphatic carbocycles. The van der Waals surface area contributed by atoms with Gasteiger partial charge in [-0.25, -0.2) is 4.98 Å². The SMILES string of the molecule is OC(c1ccc(Cl)cc1)(c1ccc(Cl)cc1)C(c1ccc(Cl)cc1)n1ccnc1. The van der Waals surface area contributed by atoms with Crippen LogP contribution in [0.5, 0.6) is 0 Å². The number of benzene rings is 3. The zero-order valence-electron chi connectivity index (χ0n) is 15.2. The first-order valence-electron chi connectivity index (χ1n) is 8.96. The van der Waals surface area contributed by atoms with Gasteiger partial charge in [-0.05, 0) is 53.1 Å². The highest BCUT2D eigenvalue weighted by Gasteiger charge is 2.42. The van der Waals surface area contributed by atoms with Crippen LogP contribution in [-0.2, 0) is 5.60 Å². The molecule has 1 atom stereocenters. The van der Waals surface area contributed by atoms with E-state index in [1.165, 1.54) is 0 Å². The van der Waals surface area contributed by atoms with E-state index in [2.05, 4.69) is 4.98 Å². The Balaban J connectivity index is 1.99. The van der Waals surface area contributed by atoms with Crippen LogP contribution in [0, 0.1) is 0 Å². The third-order valence-corrected chi connectivity index (χ3v) is 5.73. The highest BCUT2D eigenvalue weighted by Crippen LogP contribution is 2.44. The van der Waals surface area contributed by atoms with E-state index < -0.39 is 11.6 Å². The fourth-order valence-electron chi connectivity index (χ4n) is 3.59. The van der Waals surface area contributed by atoms with Crippen molar-refractivity contribution in [2.45, 2.75) is 11.6 Å². The monoisotopic (exact) mass is 442 g/mol. The number of rotatable bonds is 5. The second kappa shape index (κ2) is 8.21. The van der Waals surface area contributed by atoms with E-state index in [9.17, 15) is 5.11 Å². The summed E-state index contributed by atoms with van der Waals surface area (Å²) in [5.74, 6) is 0. The van der Waals surface area contributed by atoms with E-state index >= 15 is 0 Å². The first-order valence-corrected chi connectivity index (χ1v) is 10.1. The highest BCUT2D eigenvalue weighted by molar-refractivity contribution is 6.31. The molecule has 4 aromatic rings. The Morgan fingerprint density at radius 1 is 0.724 bits per heavy atom. The van der Waals surface area contributed by atoms with Gasteiger partial charge in [-0.1, -0.05) is 71.2 Å². The molecule has 0 saturated heterocycles. The average molecular weight is 444 g/mol. The molecular weight excluding hydrogens is 427 g/mol. The van der Waals surface area contributed by atoms with Crippen molar-refractivity contribution in [1.82, 2.24) is 9.55 Å². The van der Waals surface area contributed by atoms with Crippen LogP contribution in [0.15, 0.2) is 91.5 Å². The largest absolute Gasteiger partial charge is 0.378 e. The predicted octanol–water partition coefficient (Wildman–Crippen LogP) is 6.37. The van der Waals surface area contributed by atoms with Crippen molar-refractivity contribution in [3.8, 4) is 0 Å². The van der Waals surface area contributed by atoms with Crippen molar-refractivity contribution in [3.63, 3.8) is 0 Å². The molecule has 1 unspecified atom stereocenters. The Bertz CT molecular complexity index is 1030. The van der Waals surface area contributed by atoms with Crippen LogP contribution in [0.25, 0.3) is 0 Å². The first kappa shape index (κ1) is 20.0. The Morgan fingerprint density at radius 2 is 1.17 bits per heavy atom. The smallest absolute Gasteiger partial charge is 0.139 e. The molecule has 1 N–H and O–H groups in total. The quantitative estimate of drug-likeness (QED) is 0.389. The predicted molar refractivity (Wildman–Crippen MR) is 118 cm³/mol. The Labute approximate surface area is 184 Å². The van der Waals surface area contributed by atoms with Crippen molar-refractivity contribution in [2.75, 3.05) is 0 Å². The molecule has 29 heavy (non-hydrogen) atoms. The molecule has 0 fully saturated rings. The minimum absolute atomic E-state index is 0.510. The summed E-state index contributed by atoms with van der Waals surface area (Å²) in [7, 11) is 0. The Kier molecular flexibility index (Phi) is 5.66. The molecule has 0 saturated carbocycles. The van der Waals surface area contributed by atoms with Gasteiger partial charge in [0.05, 0.1) is 12.4 Å². The summed E-state index contributed by atoms with van der Waals surface area (Å²) in [5.41, 5.74) is 0.833. The molecule has 0 amide bonds. The topological polar surface area (TPSA) is 38.0 Å². The van der Waals surface area contributed by atoms with Gasteiger partial charge in [0, 0.05) is 27.5 Å². The molecule has 3 nitrogen and oxygen atoms in total. The van der Waals surface area contributed by atoms with E-state index in [0.29, 0.717) is 26.2 Å². The van der Waals surface area contributed by atoms with Crippen molar-refractivity contribution in [3.05, 3.63) is 123 Å². The molecule has 146 valence electrons. The summed E-state index contributed by atoms with van der Waals surface area (Å²) in [4.78, 5) is 4.20. The molecule has 0 aliphatic heterocycles. The molecule has 1 aromatic heterocycles. The van der Waals surface area contributed by atoms with Gasteiger partial charge >= 0.3 is 0 Å². The van der Waals surface area contributed by atoms with Gasteiger partial charge in [0.1, 0.15) is 5.60 Å². The minimum Gasteiger partial charge on any atom is -0.378 e. The number of hydrogen-bond acceptors (Lipinski definition) is 2. The van der Waals surface area contributed by atoms with Crippen LogP contribution in [0.2, 0.25) is 15.1 Å². The number of nitrogens with zero attached hydrogens (tertiary/aromatic N) is 2. The van der Waals surface area contributed by atoms with Gasteiger partial charge in [0.2, 0.25) is 0 Å². The van der Waals surface area contributed by atoms with Crippen LogP contribution >= 0.6 is 34.8 Å². The van der Waals surface area contributed by atoms with E-state index in [4.69, 9.17) is 34.8 Å². The maximum atomic E-state index is 12.3. The molecule has 0 aliphatic rings. The van der Waals surface area contributed by atoms with Crippen LogP contribution < -0.4 is 0 Å². The second-order valence-corrected chi connectivity index (χ2v) is 8.05. The lowest BCUT2D eigenvalue weighted by Gasteiger charge is -2.38. The van der Waals surface area contributed by atoms with E-state index in [1.807, 2.05) is 59.3 Å². The van der Waals surface area contributed by atoms with Crippen LogP contribution in [0.4, 0.5) is 0 Å². The average Bonchev–Trinajstić information content (AvgIpc) is 3.24. The maximum absolute atomic E-state index is 12.3. The van der Waals surface area contributed by atoms with Gasteiger partial charge in [-0.15, -0.1) is 0 Å². The Morgan fingerprint density at radius 3 is 1.59 bits per heavy atom. The summed E-state index contributed by atoms with van der Waals surface area (Å²) in [6.07, 6.45) is 5.21. The fourth-order valence-corrected chi connectivity index (χ4v) is 3.96. The summed E-state index contributed by atoms with van der Waals surface area (Å²) in [6.45, 7) is 0. The number of halogens is 3. The normalized spacial score (nSPS) is 12.7. The number of aromatic nitrogens is 2. The fraction of sp³-hybridized carbons (Fsp3) is 0.0870. The number of imidazole rings is 1. The summed E-state index contributed by atoms with van der Waals surface area (Å²) >= 11 is 18.3. The van der Waals surface area contributed by atoms with Gasteiger partial charge in [-0.2, -0.15) is 0 Å². The molecule has 1 heterocycles. The van der Waals surface area contributed by atoms with Gasteiger partial charge < -0.3 is 9.67 Å². The lowest BCUT2D eigenvalue weighted by Crippen LogP contribution is -2.38. The number of hydrogen-bond donors (Lipinski definition) is 1. The zero-order valence-corrected chi connectivity index (χ0v) is 17.5. The van der Waals surface area contributed by atoms with Gasteiger partial charge in [0.15, 0.2) is 0 Å². The third kappa shape index (κ3) is 3.92. The molecule has 0 bridgehead atoms. The van der Waals surface area contributed by atoms with Crippen molar-refractivity contribution in [2.24, 2.45) is 0 Å². The van der Waals surface area contributed by atoms with Crippen LogP contribution in [0.3, 0.4) is 0 Å². The molecule has 0 radical (unpaired) electrons. The van der Waals surface area contributed by atoms with E-state index in [-0.39, 0.29) is 0 Å². The molecule has 3 aromatic carbocycles. The lowest BCUT2D eigenvalue weighted by atomic mass is 9.77. The van der Waals surface area contributed by atoms with E-state index in [1.54, 1.807) is 36.8 Å². The van der Waals surface area contributed by atoms with Gasteiger partial charge in [0.25, 0.3) is 0 Å². The first-order chi connectivity index (χ1) is 14.0. The van der Waals surface area contributed by atoms with Crippen molar-refractivity contribution in [1.29, 1.82) is 0 Å². The molecule has 0 spiro atoms.